The lowest BCUT2D eigenvalue weighted by Gasteiger charge is -2.29. The fourth-order valence-corrected chi connectivity index (χ4v) is 3.45. The van der Waals surface area contributed by atoms with Gasteiger partial charge in [-0.2, -0.15) is 0 Å². The Morgan fingerprint density at radius 2 is 2.25 bits per heavy atom. The quantitative estimate of drug-likeness (QED) is 0.883. The molecule has 2 aliphatic rings. The molecule has 7 heteroatoms. The Morgan fingerprint density at radius 3 is 3.04 bits per heavy atom. The number of nitrogens with zero attached hydrogens (tertiary/aromatic N) is 3. The van der Waals surface area contributed by atoms with Gasteiger partial charge in [-0.05, 0) is 36.9 Å². The zero-order chi connectivity index (χ0) is 15.6. The predicted molar refractivity (Wildman–Crippen MR) is 93.6 cm³/mol. The molecule has 1 aromatic heterocycles. The maximum Gasteiger partial charge on any atom is 0.290 e. The third-order valence-corrected chi connectivity index (χ3v) is 4.83. The summed E-state index contributed by atoms with van der Waals surface area (Å²) in [6, 6.07) is 8.70. The Morgan fingerprint density at radius 1 is 1.38 bits per heavy atom. The van der Waals surface area contributed by atoms with Gasteiger partial charge in [0.1, 0.15) is 6.33 Å². The number of piperidine rings is 1. The minimum Gasteiger partial charge on any atom is -0.349 e. The van der Waals surface area contributed by atoms with E-state index in [1.54, 1.807) is 6.33 Å². The van der Waals surface area contributed by atoms with Crippen LogP contribution in [-0.4, -0.2) is 40.3 Å². The summed E-state index contributed by atoms with van der Waals surface area (Å²) in [7, 11) is 0. The van der Waals surface area contributed by atoms with Crippen molar-refractivity contribution in [3.8, 4) is 0 Å². The number of aromatic nitrogens is 3. The smallest absolute Gasteiger partial charge is 0.290 e. The Balaban J connectivity index is 0.00000169. The highest BCUT2D eigenvalue weighted by atomic mass is 35.5. The van der Waals surface area contributed by atoms with Crippen molar-refractivity contribution >= 4 is 18.3 Å². The average molecular weight is 348 g/mol. The van der Waals surface area contributed by atoms with Crippen molar-refractivity contribution in [3.05, 3.63) is 47.5 Å². The average Bonchev–Trinajstić information content (AvgIpc) is 3.06. The number of hydrogen-bond donors (Lipinski definition) is 2. The zero-order valence-electron chi connectivity index (χ0n) is 13.4. The molecular formula is C17H22ClN5O. The molecule has 2 unspecified atom stereocenters. The molecule has 2 heterocycles. The van der Waals surface area contributed by atoms with E-state index in [0.717, 1.165) is 32.4 Å². The van der Waals surface area contributed by atoms with Crippen LogP contribution in [0, 0.1) is 0 Å². The molecule has 1 aromatic carbocycles. The topological polar surface area (TPSA) is 71.8 Å². The normalized spacial score (nSPS) is 22.0. The number of fused-ring (bicyclic) bond motifs is 1. The van der Waals surface area contributed by atoms with Crippen LogP contribution in [0.25, 0.3) is 0 Å². The van der Waals surface area contributed by atoms with Gasteiger partial charge in [0.05, 0.1) is 6.04 Å². The lowest BCUT2D eigenvalue weighted by atomic mass is 9.77. The summed E-state index contributed by atoms with van der Waals surface area (Å²) in [5.41, 5.74) is 2.73. The number of nitrogens with one attached hydrogen (secondary N) is 2. The summed E-state index contributed by atoms with van der Waals surface area (Å²) in [5.74, 6) is 0.500. The highest BCUT2D eigenvalue weighted by Gasteiger charge is 2.26. The van der Waals surface area contributed by atoms with Crippen LogP contribution in [0.15, 0.2) is 30.6 Å². The number of benzene rings is 1. The summed E-state index contributed by atoms with van der Waals surface area (Å²) in [4.78, 5) is 16.4. The van der Waals surface area contributed by atoms with Gasteiger partial charge in [0.2, 0.25) is 5.82 Å². The van der Waals surface area contributed by atoms with E-state index in [9.17, 15) is 4.79 Å². The van der Waals surface area contributed by atoms with Crippen molar-refractivity contribution in [1.82, 2.24) is 25.4 Å². The Bertz CT molecular complexity index is 711. The fraction of sp³-hybridized carbons (Fsp3) is 0.471. The molecule has 1 aliphatic heterocycles. The van der Waals surface area contributed by atoms with Gasteiger partial charge < -0.3 is 10.6 Å². The molecule has 128 valence electrons. The molecule has 0 radical (unpaired) electrons. The minimum atomic E-state index is -0.183. The van der Waals surface area contributed by atoms with Crippen LogP contribution in [0.5, 0.6) is 0 Å². The number of carbonyl (C=O) groups excluding carboxylic acids is 1. The second-order valence-electron chi connectivity index (χ2n) is 6.36. The first-order valence-electron chi connectivity index (χ1n) is 8.29. The van der Waals surface area contributed by atoms with Crippen molar-refractivity contribution in [1.29, 1.82) is 0 Å². The van der Waals surface area contributed by atoms with Gasteiger partial charge in [-0.3, -0.25) is 4.79 Å². The predicted octanol–water partition coefficient (Wildman–Crippen LogP) is 1.69. The summed E-state index contributed by atoms with van der Waals surface area (Å²) in [6.07, 6.45) is 4.92. The van der Waals surface area contributed by atoms with Crippen molar-refractivity contribution < 1.29 is 4.79 Å². The van der Waals surface area contributed by atoms with E-state index < -0.39 is 0 Å². The van der Waals surface area contributed by atoms with Crippen LogP contribution in [0.4, 0.5) is 0 Å². The number of amides is 1. The second kappa shape index (κ2) is 7.32. The first-order chi connectivity index (χ1) is 11.3. The monoisotopic (exact) mass is 347 g/mol. The highest BCUT2D eigenvalue weighted by molar-refractivity contribution is 5.90. The summed E-state index contributed by atoms with van der Waals surface area (Å²) >= 11 is 0. The first-order valence-corrected chi connectivity index (χ1v) is 8.29. The van der Waals surface area contributed by atoms with Crippen molar-refractivity contribution in [2.24, 2.45) is 0 Å². The van der Waals surface area contributed by atoms with E-state index >= 15 is 0 Å². The molecule has 0 bridgehead atoms. The number of hydrogen-bond acceptors (Lipinski definition) is 4. The first kappa shape index (κ1) is 16.9. The van der Waals surface area contributed by atoms with Crippen LogP contribution in [-0.2, 0) is 6.42 Å². The molecule has 0 spiro atoms. The maximum absolute atomic E-state index is 12.2. The van der Waals surface area contributed by atoms with Crippen LogP contribution >= 0.6 is 12.4 Å². The second-order valence-corrected chi connectivity index (χ2v) is 6.36. The zero-order valence-corrected chi connectivity index (χ0v) is 14.3. The van der Waals surface area contributed by atoms with Gasteiger partial charge >= 0.3 is 0 Å². The Hall–Kier alpha value is -1.92. The van der Waals surface area contributed by atoms with Gasteiger partial charge in [0, 0.05) is 19.0 Å². The Labute approximate surface area is 147 Å². The van der Waals surface area contributed by atoms with Crippen LogP contribution in [0.1, 0.15) is 46.5 Å². The standard InChI is InChI=1S/C17H21N5O.ClH/c23-17(19-9-13-8-12-4-1-2-6-15(12)13)16-20-11-22(21-16)14-5-3-7-18-10-14;/h1-2,4,6,11,13-14,18H,3,5,7-10H2,(H,19,23);1H. The van der Waals surface area contributed by atoms with Crippen molar-refractivity contribution in [3.63, 3.8) is 0 Å². The molecule has 6 nitrogen and oxygen atoms in total. The Kier molecular flexibility index (Phi) is 5.16. The van der Waals surface area contributed by atoms with E-state index in [4.69, 9.17) is 0 Å². The lowest BCUT2D eigenvalue weighted by Crippen LogP contribution is -2.34. The minimum absolute atomic E-state index is 0. The van der Waals surface area contributed by atoms with Crippen LogP contribution < -0.4 is 10.6 Å². The summed E-state index contributed by atoms with van der Waals surface area (Å²) < 4.78 is 1.82. The fourth-order valence-electron chi connectivity index (χ4n) is 3.45. The van der Waals surface area contributed by atoms with Crippen LogP contribution in [0.3, 0.4) is 0 Å². The van der Waals surface area contributed by atoms with Gasteiger partial charge in [0.15, 0.2) is 0 Å². The van der Waals surface area contributed by atoms with E-state index in [0.29, 0.717) is 18.5 Å². The SMILES string of the molecule is Cl.O=C(NCC1Cc2ccccc21)c1ncn(C2CCCNC2)n1. The van der Waals surface area contributed by atoms with E-state index in [1.165, 1.54) is 11.1 Å². The molecule has 24 heavy (non-hydrogen) atoms. The maximum atomic E-state index is 12.2. The molecule has 1 fully saturated rings. The third kappa shape index (κ3) is 3.30. The summed E-state index contributed by atoms with van der Waals surface area (Å²) in [5, 5.41) is 10.7. The number of carbonyl (C=O) groups is 1. The molecule has 0 saturated carbocycles. The molecule has 2 aromatic rings. The van der Waals surface area contributed by atoms with Crippen LogP contribution in [0.2, 0.25) is 0 Å². The number of rotatable bonds is 4. The largest absolute Gasteiger partial charge is 0.349 e. The molecule has 1 saturated heterocycles. The van der Waals surface area contributed by atoms with E-state index in [-0.39, 0.29) is 24.1 Å². The molecule has 4 rings (SSSR count). The van der Waals surface area contributed by atoms with E-state index in [2.05, 4.69) is 38.9 Å². The molecule has 1 aliphatic carbocycles. The van der Waals surface area contributed by atoms with Gasteiger partial charge in [-0.1, -0.05) is 24.3 Å². The molecule has 2 N–H and O–H groups in total. The van der Waals surface area contributed by atoms with Gasteiger partial charge in [0.25, 0.3) is 5.91 Å². The molecular weight excluding hydrogens is 326 g/mol. The highest BCUT2D eigenvalue weighted by Crippen LogP contribution is 2.33. The molecule has 1 amide bonds. The van der Waals surface area contributed by atoms with Crippen molar-refractivity contribution in [2.45, 2.75) is 31.2 Å². The van der Waals surface area contributed by atoms with Crippen molar-refractivity contribution in [2.75, 3.05) is 19.6 Å². The van der Waals surface area contributed by atoms with E-state index in [1.807, 2.05) is 10.7 Å². The third-order valence-electron chi connectivity index (χ3n) is 4.83. The lowest BCUT2D eigenvalue weighted by molar-refractivity contribution is 0.0939. The molecule has 2 atom stereocenters. The van der Waals surface area contributed by atoms with Gasteiger partial charge in [-0.15, -0.1) is 17.5 Å². The van der Waals surface area contributed by atoms with Gasteiger partial charge in [-0.25, -0.2) is 9.67 Å². The summed E-state index contributed by atoms with van der Waals surface area (Å²) in [6.45, 7) is 2.60. The number of halogens is 1.